The predicted octanol–water partition coefficient (Wildman–Crippen LogP) is 4.50. The summed E-state index contributed by atoms with van der Waals surface area (Å²) in [6.45, 7) is 4.34. The largest absolute Gasteiger partial charge is 0.384 e. The molecule has 2 aromatic carbocycles. The molecule has 1 N–H and O–H groups in total. The highest BCUT2D eigenvalue weighted by atomic mass is 127. The van der Waals surface area contributed by atoms with Crippen LogP contribution in [0.1, 0.15) is 42.6 Å². The average molecular weight is 352 g/mol. The molecule has 0 saturated heterocycles. The van der Waals surface area contributed by atoms with E-state index < -0.39 is 6.10 Å². The van der Waals surface area contributed by atoms with E-state index in [1.54, 1.807) is 0 Å². The van der Waals surface area contributed by atoms with E-state index in [2.05, 4.69) is 48.6 Å². The van der Waals surface area contributed by atoms with Gasteiger partial charge in [0.05, 0.1) is 0 Å². The highest BCUT2D eigenvalue weighted by Gasteiger charge is 2.10. The molecule has 18 heavy (non-hydrogen) atoms. The standard InChI is InChI=1S/C16H17IO/c1-11(2)12-6-8-13(9-7-12)16(18)14-4-3-5-15(17)10-14/h3-11,16,18H,1-2H3. The molecule has 2 heteroatoms. The second-order valence-corrected chi connectivity index (χ2v) is 6.02. The third kappa shape index (κ3) is 3.12. The number of aliphatic hydroxyl groups is 1. The second kappa shape index (κ2) is 5.85. The van der Waals surface area contributed by atoms with Crippen LogP contribution in [0.15, 0.2) is 48.5 Å². The van der Waals surface area contributed by atoms with Gasteiger partial charge in [-0.25, -0.2) is 0 Å². The Bertz CT molecular complexity index is 517. The summed E-state index contributed by atoms with van der Waals surface area (Å²) in [4.78, 5) is 0. The molecule has 2 rings (SSSR count). The van der Waals surface area contributed by atoms with E-state index in [9.17, 15) is 5.11 Å². The lowest BCUT2D eigenvalue weighted by Crippen LogP contribution is -2.00. The van der Waals surface area contributed by atoms with Gasteiger partial charge in [-0.3, -0.25) is 0 Å². The fourth-order valence-electron chi connectivity index (χ4n) is 1.93. The minimum atomic E-state index is -0.541. The first-order valence-corrected chi connectivity index (χ1v) is 7.19. The van der Waals surface area contributed by atoms with Crippen LogP contribution >= 0.6 is 22.6 Å². The summed E-state index contributed by atoms with van der Waals surface area (Å²) in [7, 11) is 0. The van der Waals surface area contributed by atoms with Crippen molar-refractivity contribution in [2.75, 3.05) is 0 Å². The van der Waals surface area contributed by atoms with E-state index in [1.807, 2.05) is 36.4 Å². The van der Waals surface area contributed by atoms with E-state index in [4.69, 9.17) is 0 Å². The molecule has 0 aliphatic heterocycles. The molecule has 1 nitrogen and oxygen atoms in total. The van der Waals surface area contributed by atoms with Crippen molar-refractivity contribution >= 4 is 22.6 Å². The van der Waals surface area contributed by atoms with Crippen molar-refractivity contribution in [3.63, 3.8) is 0 Å². The maximum atomic E-state index is 10.3. The zero-order valence-electron chi connectivity index (χ0n) is 10.6. The Labute approximate surface area is 122 Å². The Hall–Kier alpha value is -0.870. The van der Waals surface area contributed by atoms with Crippen molar-refractivity contribution in [3.05, 3.63) is 68.8 Å². The van der Waals surface area contributed by atoms with Gasteiger partial charge in [0.1, 0.15) is 6.10 Å². The van der Waals surface area contributed by atoms with Gasteiger partial charge in [0.2, 0.25) is 0 Å². The fourth-order valence-corrected chi connectivity index (χ4v) is 2.50. The van der Waals surface area contributed by atoms with Crippen molar-refractivity contribution in [1.29, 1.82) is 0 Å². The predicted molar refractivity (Wildman–Crippen MR) is 83.8 cm³/mol. The van der Waals surface area contributed by atoms with Crippen LogP contribution in [0, 0.1) is 3.57 Å². The van der Waals surface area contributed by atoms with Crippen LogP contribution in [-0.2, 0) is 0 Å². The van der Waals surface area contributed by atoms with Gasteiger partial charge in [-0.15, -0.1) is 0 Å². The van der Waals surface area contributed by atoms with E-state index in [1.165, 1.54) is 5.56 Å². The minimum absolute atomic E-state index is 0.522. The smallest absolute Gasteiger partial charge is 0.104 e. The van der Waals surface area contributed by atoms with Gasteiger partial charge >= 0.3 is 0 Å². The van der Waals surface area contributed by atoms with Gasteiger partial charge < -0.3 is 5.11 Å². The summed E-state index contributed by atoms with van der Waals surface area (Å²) >= 11 is 2.26. The molecule has 1 unspecified atom stereocenters. The Morgan fingerprint density at radius 3 is 2.06 bits per heavy atom. The quantitative estimate of drug-likeness (QED) is 0.807. The van der Waals surface area contributed by atoms with Gasteiger partial charge in [-0.2, -0.15) is 0 Å². The molecule has 0 aliphatic carbocycles. The molecule has 0 aromatic heterocycles. The molecule has 0 fully saturated rings. The van der Waals surface area contributed by atoms with Gasteiger partial charge in [0.15, 0.2) is 0 Å². The van der Waals surface area contributed by atoms with Crippen LogP contribution in [0.4, 0.5) is 0 Å². The second-order valence-electron chi connectivity index (χ2n) is 4.78. The Balaban J connectivity index is 2.26. The van der Waals surface area contributed by atoms with E-state index in [0.29, 0.717) is 5.92 Å². The normalized spacial score (nSPS) is 12.7. The first kappa shape index (κ1) is 13.6. The zero-order valence-corrected chi connectivity index (χ0v) is 12.8. The summed E-state index contributed by atoms with van der Waals surface area (Å²) < 4.78 is 1.14. The van der Waals surface area contributed by atoms with Crippen LogP contribution in [-0.4, -0.2) is 5.11 Å². The summed E-state index contributed by atoms with van der Waals surface area (Å²) in [6, 6.07) is 16.2. The summed E-state index contributed by atoms with van der Waals surface area (Å²) in [5.41, 5.74) is 3.19. The molecule has 0 spiro atoms. The van der Waals surface area contributed by atoms with Crippen LogP contribution in [0.25, 0.3) is 0 Å². The van der Waals surface area contributed by atoms with Gasteiger partial charge in [-0.05, 0) is 57.3 Å². The van der Waals surface area contributed by atoms with Crippen molar-refractivity contribution < 1.29 is 5.11 Å². The first-order chi connectivity index (χ1) is 8.58. The highest BCUT2D eigenvalue weighted by Crippen LogP contribution is 2.24. The fraction of sp³-hybridized carbons (Fsp3) is 0.250. The molecule has 0 heterocycles. The average Bonchev–Trinajstić information content (AvgIpc) is 2.38. The van der Waals surface area contributed by atoms with Crippen molar-refractivity contribution in [3.8, 4) is 0 Å². The Morgan fingerprint density at radius 2 is 1.50 bits per heavy atom. The van der Waals surface area contributed by atoms with Gasteiger partial charge in [0, 0.05) is 3.57 Å². The van der Waals surface area contributed by atoms with Crippen LogP contribution in [0.3, 0.4) is 0 Å². The van der Waals surface area contributed by atoms with Gasteiger partial charge in [-0.1, -0.05) is 50.2 Å². The monoisotopic (exact) mass is 352 g/mol. The van der Waals surface area contributed by atoms with Crippen LogP contribution in [0.2, 0.25) is 0 Å². The molecular weight excluding hydrogens is 335 g/mol. The molecule has 0 aliphatic rings. The maximum Gasteiger partial charge on any atom is 0.104 e. The van der Waals surface area contributed by atoms with Crippen molar-refractivity contribution in [2.45, 2.75) is 25.9 Å². The zero-order chi connectivity index (χ0) is 13.1. The molecule has 0 radical (unpaired) electrons. The molecule has 0 saturated carbocycles. The van der Waals surface area contributed by atoms with Crippen LogP contribution in [0.5, 0.6) is 0 Å². The molecule has 2 aromatic rings. The van der Waals surface area contributed by atoms with E-state index in [0.717, 1.165) is 14.7 Å². The van der Waals surface area contributed by atoms with Crippen molar-refractivity contribution in [2.24, 2.45) is 0 Å². The molecule has 0 bridgehead atoms. The van der Waals surface area contributed by atoms with Gasteiger partial charge in [0.25, 0.3) is 0 Å². The Morgan fingerprint density at radius 1 is 0.889 bits per heavy atom. The summed E-state index contributed by atoms with van der Waals surface area (Å²) in [5, 5.41) is 10.3. The SMILES string of the molecule is CC(C)c1ccc(C(O)c2cccc(I)c2)cc1. The molecule has 94 valence electrons. The lowest BCUT2D eigenvalue weighted by molar-refractivity contribution is 0.220. The minimum Gasteiger partial charge on any atom is -0.384 e. The lowest BCUT2D eigenvalue weighted by Gasteiger charge is -2.13. The van der Waals surface area contributed by atoms with Crippen molar-refractivity contribution in [1.82, 2.24) is 0 Å². The van der Waals surface area contributed by atoms with E-state index in [-0.39, 0.29) is 0 Å². The number of aliphatic hydroxyl groups excluding tert-OH is 1. The number of hydrogen-bond acceptors (Lipinski definition) is 1. The maximum absolute atomic E-state index is 10.3. The molecular formula is C16H17IO. The number of halogens is 1. The van der Waals surface area contributed by atoms with E-state index >= 15 is 0 Å². The molecule has 0 amide bonds. The third-order valence-electron chi connectivity index (χ3n) is 3.08. The first-order valence-electron chi connectivity index (χ1n) is 6.11. The lowest BCUT2D eigenvalue weighted by atomic mass is 9.97. The number of rotatable bonds is 3. The highest BCUT2D eigenvalue weighted by molar-refractivity contribution is 14.1. The van der Waals surface area contributed by atoms with Crippen LogP contribution < -0.4 is 0 Å². The summed E-state index contributed by atoms with van der Waals surface area (Å²) in [5.74, 6) is 0.522. The summed E-state index contributed by atoms with van der Waals surface area (Å²) in [6.07, 6.45) is -0.541. The third-order valence-corrected chi connectivity index (χ3v) is 3.75. The number of benzene rings is 2. The number of hydrogen-bond donors (Lipinski definition) is 1. The topological polar surface area (TPSA) is 20.2 Å². The molecule has 1 atom stereocenters. The Kier molecular flexibility index (Phi) is 4.40.